The van der Waals surface area contributed by atoms with Crippen molar-refractivity contribution in [1.29, 1.82) is 0 Å². The number of hydrogen-bond acceptors (Lipinski definition) is 4. The molecule has 0 aromatic heterocycles. The number of carbonyl (C=O) groups is 3. The van der Waals surface area contributed by atoms with Crippen LogP contribution >= 0.6 is 46.6 Å². The van der Waals surface area contributed by atoms with E-state index in [9.17, 15) is 49.5 Å². The summed E-state index contributed by atoms with van der Waals surface area (Å²) in [5.41, 5.74) is -7.95. The Bertz CT molecular complexity index is 1710. The van der Waals surface area contributed by atoms with Gasteiger partial charge in [-0.05, 0) is 59.3 Å². The van der Waals surface area contributed by atoms with Crippen molar-refractivity contribution in [3.8, 4) is 0 Å². The molecule has 0 heterocycles. The highest BCUT2D eigenvalue weighted by Gasteiger charge is 2.67. The second kappa shape index (κ2) is 13.3. The first-order valence-electron chi connectivity index (χ1n) is 12.8. The van der Waals surface area contributed by atoms with Crippen molar-refractivity contribution in [2.24, 2.45) is 5.92 Å². The van der Waals surface area contributed by atoms with E-state index in [-0.39, 0.29) is 21.8 Å². The highest BCUT2D eigenvalue weighted by atomic mass is 35.5. The number of anilines is 1. The molecule has 4 nitrogen and oxygen atoms in total. The summed E-state index contributed by atoms with van der Waals surface area (Å²) in [5, 5.41) is 2.27. The van der Waals surface area contributed by atoms with Crippen molar-refractivity contribution in [3.05, 3.63) is 98.8 Å². The van der Waals surface area contributed by atoms with Gasteiger partial charge in [0.05, 0.1) is 22.3 Å². The van der Waals surface area contributed by atoms with Crippen LogP contribution in [0.4, 0.5) is 45.2 Å². The van der Waals surface area contributed by atoms with Crippen molar-refractivity contribution in [2.45, 2.75) is 34.8 Å². The average molecular weight is 737 g/mol. The first kappa shape index (κ1) is 35.9. The fourth-order valence-electron chi connectivity index (χ4n) is 4.68. The fraction of sp³-hybridized carbons (Fsp3) is 0.276. The molecule has 2 atom stereocenters. The van der Waals surface area contributed by atoms with Gasteiger partial charge in [0.25, 0.3) is 0 Å². The van der Waals surface area contributed by atoms with Gasteiger partial charge in [0, 0.05) is 35.6 Å². The molecule has 3 aromatic carbocycles. The van der Waals surface area contributed by atoms with E-state index < -0.39 is 110 Å². The molecular formula is C29H17Cl3F9NO3S. The predicted molar refractivity (Wildman–Crippen MR) is 154 cm³/mol. The summed E-state index contributed by atoms with van der Waals surface area (Å²) in [6, 6.07) is 7.31. The molecule has 1 saturated carbocycles. The molecule has 0 bridgehead atoms. The monoisotopic (exact) mass is 735 g/mol. The SMILES string of the molecule is O=C(CSC(F)(F)F)Cc1c(F)ccc(CC(=O)c2cc(NC(=O)[C@H]3[C@H](c4ccc(F)c(C(F)(F)F)c4)C3(Cl)Cl)ccc2Cl)c1F. The molecule has 3 aromatic rings. The Labute approximate surface area is 273 Å². The van der Waals surface area contributed by atoms with E-state index in [4.69, 9.17) is 34.8 Å². The van der Waals surface area contributed by atoms with Crippen LogP contribution in [-0.4, -0.2) is 33.1 Å². The van der Waals surface area contributed by atoms with Gasteiger partial charge in [0.15, 0.2) is 5.78 Å². The van der Waals surface area contributed by atoms with Gasteiger partial charge in [-0.2, -0.15) is 26.3 Å². The number of rotatable bonds is 10. The summed E-state index contributed by atoms with van der Waals surface area (Å²) in [5.74, 6) is -10.4. The lowest BCUT2D eigenvalue weighted by atomic mass is 9.98. The molecule has 1 aliphatic rings. The van der Waals surface area contributed by atoms with Crippen LogP contribution in [0.1, 0.15) is 38.5 Å². The zero-order valence-electron chi connectivity index (χ0n) is 22.6. The number of alkyl halides is 8. The number of ketones is 2. The summed E-state index contributed by atoms with van der Waals surface area (Å²) >= 11 is 17.9. The van der Waals surface area contributed by atoms with Gasteiger partial charge in [0.2, 0.25) is 5.91 Å². The lowest BCUT2D eigenvalue weighted by molar-refractivity contribution is -0.140. The number of hydrogen-bond donors (Lipinski definition) is 1. The maximum Gasteiger partial charge on any atom is 0.442 e. The van der Waals surface area contributed by atoms with Crippen LogP contribution in [0, 0.1) is 23.4 Å². The van der Waals surface area contributed by atoms with E-state index in [1.165, 1.54) is 12.1 Å². The molecule has 0 aliphatic heterocycles. The molecule has 1 N–H and O–H groups in total. The van der Waals surface area contributed by atoms with Crippen molar-refractivity contribution in [3.63, 3.8) is 0 Å². The Morgan fingerprint density at radius 2 is 1.52 bits per heavy atom. The number of Topliss-reactive ketones (excluding diaryl/α,β-unsaturated/α-hetero) is 2. The van der Waals surface area contributed by atoms with Crippen LogP contribution in [0.15, 0.2) is 48.5 Å². The maximum atomic E-state index is 15.1. The van der Waals surface area contributed by atoms with Crippen LogP contribution in [0.2, 0.25) is 5.02 Å². The lowest BCUT2D eigenvalue weighted by Gasteiger charge is -2.12. The van der Waals surface area contributed by atoms with Gasteiger partial charge in [-0.15, -0.1) is 23.2 Å². The Kier molecular flexibility index (Phi) is 10.4. The Morgan fingerprint density at radius 1 is 0.870 bits per heavy atom. The molecule has 4 rings (SSSR count). The minimum atomic E-state index is -5.02. The number of amides is 1. The maximum absolute atomic E-state index is 15.1. The van der Waals surface area contributed by atoms with Crippen LogP contribution in [0.5, 0.6) is 0 Å². The first-order valence-corrected chi connectivity index (χ1v) is 14.9. The molecule has 0 radical (unpaired) electrons. The highest BCUT2D eigenvalue weighted by Crippen LogP contribution is 2.65. The van der Waals surface area contributed by atoms with Gasteiger partial charge in [-0.1, -0.05) is 23.7 Å². The summed E-state index contributed by atoms with van der Waals surface area (Å²) in [7, 11) is 0. The third-order valence-electron chi connectivity index (χ3n) is 6.91. The minimum Gasteiger partial charge on any atom is -0.326 e. The Hall–Kier alpha value is -2.94. The molecule has 1 amide bonds. The minimum absolute atomic E-state index is 0.0457. The molecule has 0 saturated heterocycles. The first-order chi connectivity index (χ1) is 21.2. The smallest absolute Gasteiger partial charge is 0.326 e. The second-order valence-electron chi connectivity index (χ2n) is 10.1. The van der Waals surface area contributed by atoms with E-state index >= 15 is 4.39 Å². The van der Waals surface area contributed by atoms with Gasteiger partial charge >= 0.3 is 11.7 Å². The van der Waals surface area contributed by atoms with Gasteiger partial charge in [0.1, 0.15) is 27.6 Å². The van der Waals surface area contributed by atoms with Crippen LogP contribution in [-0.2, 0) is 28.6 Å². The van der Waals surface area contributed by atoms with Gasteiger partial charge in [-0.25, -0.2) is 13.2 Å². The van der Waals surface area contributed by atoms with E-state index in [0.717, 1.165) is 24.3 Å². The van der Waals surface area contributed by atoms with Crippen molar-refractivity contribution in [2.75, 3.05) is 11.1 Å². The average Bonchev–Trinajstić information content (AvgIpc) is 3.53. The number of nitrogens with one attached hydrogen (secondary N) is 1. The molecule has 0 spiro atoms. The summed E-state index contributed by atoms with van der Waals surface area (Å²) in [6.45, 7) is 0. The third kappa shape index (κ3) is 8.12. The molecular weight excluding hydrogens is 720 g/mol. The quantitative estimate of drug-likeness (QED) is 0.128. The lowest BCUT2D eigenvalue weighted by Crippen LogP contribution is -2.18. The molecule has 0 unspecified atom stereocenters. The molecule has 1 fully saturated rings. The summed E-state index contributed by atoms with van der Waals surface area (Å²) in [6.07, 6.45) is -6.75. The second-order valence-corrected chi connectivity index (χ2v) is 13.0. The number of carbonyl (C=O) groups excluding carboxylic acids is 3. The number of halogens is 12. The Balaban J connectivity index is 1.49. The Morgan fingerprint density at radius 3 is 2.15 bits per heavy atom. The standard InChI is InChI=1S/C29H17Cl3F9NO3S/c30-19-4-3-14(42-26(45)24-23(27(24,31)32)12-1-6-21(34)18(7-12)28(36,37)38)9-16(19)22(44)8-13-2-5-20(33)17(25(13)35)10-15(43)11-46-29(39,40)41/h1-7,9,23-24H,8,10-11H2,(H,42,45)/t23-,24+/m0/s1. The highest BCUT2D eigenvalue weighted by molar-refractivity contribution is 8.00. The van der Waals surface area contributed by atoms with Crippen molar-refractivity contribution >= 4 is 69.7 Å². The van der Waals surface area contributed by atoms with Crippen molar-refractivity contribution in [1.82, 2.24) is 0 Å². The van der Waals surface area contributed by atoms with E-state index in [0.29, 0.717) is 12.1 Å². The van der Waals surface area contributed by atoms with Gasteiger partial charge < -0.3 is 5.32 Å². The van der Waals surface area contributed by atoms with Crippen LogP contribution in [0.3, 0.4) is 0 Å². The van der Waals surface area contributed by atoms with Gasteiger partial charge in [-0.3, -0.25) is 14.4 Å². The molecule has 1 aliphatic carbocycles. The predicted octanol–water partition coefficient (Wildman–Crippen LogP) is 9.09. The van der Waals surface area contributed by atoms with E-state index in [1.54, 1.807) is 0 Å². The molecule has 17 heteroatoms. The number of thioether (sulfide) groups is 1. The van der Waals surface area contributed by atoms with Crippen LogP contribution in [0.25, 0.3) is 0 Å². The normalized spacial score (nSPS) is 17.5. The summed E-state index contributed by atoms with van der Waals surface area (Å²) < 4.78 is 118. The fourth-order valence-corrected chi connectivity index (χ4v) is 6.16. The zero-order valence-corrected chi connectivity index (χ0v) is 25.6. The van der Waals surface area contributed by atoms with Crippen molar-refractivity contribution < 1.29 is 53.9 Å². The number of benzene rings is 3. The van der Waals surface area contributed by atoms with E-state index in [1.807, 2.05) is 0 Å². The third-order valence-corrected chi connectivity index (χ3v) is 8.98. The largest absolute Gasteiger partial charge is 0.442 e. The zero-order chi connectivity index (χ0) is 34.4. The van der Waals surface area contributed by atoms with Crippen LogP contribution < -0.4 is 5.32 Å². The topological polar surface area (TPSA) is 63.2 Å². The molecule has 46 heavy (non-hydrogen) atoms. The van der Waals surface area contributed by atoms with E-state index in [2.05, 4.69) is 5.32 Å². The molecule has 246 valence electrons. The summed E-state index contributed by atoms with van der Waals surface area (Å²) in [4.78, 5) is 38.0.